The van der Waals surface area contributed by atoms with E-state index >= 15 is 0 Å². The molecule has 6 heteroatoms. The Morgan fingerprint density at radius 1 is 1.69 bits per heavy atom. The number of hydrogen-bond acceptors (Lipinski definition) is 4. The lowest BCUT2D eigenvalue weighted by Gasteiger charge is -2.10. The predicted molar refractivity (Wildman–Crippen MR) is 69.0 cm³/mol. The third-order valence-corrected chi connectivity index (χ3v) is 3.19. The molecule has 3 N–H and O–H groups in total. The van der Waals surface area contributed by atoms with E-state index in [2.05, 4.69) is 10.3 Å². The van der Waals surface area contributed by atoms with Gasteiger partial charge in [0.2, 0.25) is 0 Å². The van der Waals surface area contributed by atoms with Crippen molar-refractivity contribution in [3.05, 3.63) is 22.8 Å². The average Bonchev–Trinajstić information content (AvgIpc) is 2.23. The van der Waals surface area contributed by atoms with E-state index in [9.17, 15) is 4.79 Å². The number of amides is 1. The Balaban J connectivity index is 2.66. The number of nitrogen functional groups attached to an aromatic ring is 1. The van der Waals surface area contributed by atoms with Crippen LogP contribution < -0.4 is 11.1 Å². The van der Waals surface area contributed by atoms with Gasteiger partial charge in [0.05, 0.1) is 0 Å². The van der Waals surface area contributed by atoms with Gasteiger partial charge in [0.15, 0.2) is 0 Å². The maximum absolute atomic E-state index is 11.7. The largest absolute Gasteiger partial charge is 0.384 e. The Bertz CT molecular complexity index is 366. The molecule has 1 aromatic rings. The van der Waals surface area contributed by atoms with Crippen LogP contribution in [0.1, 0.15) is 17.3 Å². The number of rotatable bonds is 4. The van der Waals surface area contributed by atoms with Gasteiger partial charge in [0, 0.05) is 17.4 Å². The van der Waals surface area contributed by atoms with E-state index in [1.165, 1.54) is 12.1 Å². The van der Waals surface area contributed by atoms with E-state index < -0.39 is 0 Å². The number of nitrogens with zero attached hydrogens (tertiary/aromatic N) is 1. The molecule has 0 aromatic carbocycles. The molecule has 1 aromatic heterocycles. The maximum Gasteiger partial charge on any atom is 0.251 e. The second-order valence-corrected chi connectivity index (χ2v) is 5.02. The van der Waals surface area contributed by atoms with Gasteiger partial charge in [-0.1, -0.05) is 18.5 Å². The SMILES string of the molecule is CSC(C)CNC(=O)c1cc(N)nc(Cl)c1. The first-order valence-corrected chi connectivity index (χ1v) is 6.43. The second kappa shape index (κ2) is 5.96. The van der Waals surface area contributed by atoms with E-state index in [4.69, 9.17) is 17.3 Å². The summed E-state index contributed by atoms with van der Waals surface area (Å²) in [5, 5.41) is 3.40. The maximum atomic E-state index is 11.7. The Hall–Kier alpha value is -0.940. The fraction of sp³-hybridized carbons (Fsp3) is 0.400. The van der Waals surface area contributed by atoms with E-state index in [0.29, 0.717) is 17.4 Å². The van der Waals surface area contributed by atoms with E-state index in [1.807, 2.05) is 13.2 Å². The minimum Gasteiger partial charge on any atom is -0.384 e. The molecule has 0 aliphatic rings. The summed E-state index contributed by atoms with van der Waals surface area (Å²) in [5.41, 5.74) is 5.94. The van der Waals surface area contributed by atoms with Crippen LogP contribution in [0.4, 0.5) is 5.82 Å². The lowest BCUT2D eigenvalue weighted by molar-refractivity contribution is 0.0954. The summed E-state index contributed by atoms with van der Waals surface area (Å²) in [6, 6.07) is 3.00. The normalized spacial score (nSPS) is 12.2. The van der Waals surface area contributed by atoms with Gasteiger partial charge >= 0.3 is 0 Å². The monoisotopic (exact) mass is 259 g/mol. The van der Waals surface area contributed by atoms with Crippen molar-refractivity contribution in [1.82, 2.24) is 10.3 Å². The van der Waals surface area contributed by atoms with Crippen LogP contribution in [0.2, 0.25) is 5.15 Å². The summed E-state index contributed by atoms with van der Waals surface area (Å²) in [5.74, 6) is 0.0625. The first kappa shape index (κ1) is 13.1. The Kier molecular flexibility index (Phi) is 4.89. The number of hydrogen-bond donors (Lipinski definition) is 2. The molecule has 1 unspecified atom stereocenters. The zero-order chi connectivity index (χ0) is 12.1. The van der Waals surface area contributed by atoms with Crippen molar-refractivity contribution in [3.63, 3.8) is 0 Å². The molecule has 88 valence electrons. The Morgan fingerprint density at radius 3 is 2.94 bits per heavy atom. The molecule has 0 bridgehead atoms. The van der Waals surface area contributed by atoms with E-state index in [-0.39, 0.29) is 16.9 Å². The standard InChI is InChI=1S/C10H14ClN3OS/c1-6(16-2)5-13-10(15)7-3-8(11)14-9(12)4-7/h3-4,6H,5H2,1-2H3,(H2,12,14)(H,13,15). The molecule has 0 saturated carbocycles. The van der Waals surface area contributed by atoms with E-state index in [1.54, 1.807) is 11.8 Å². The molecule has 0 aliphatic carbocycles. The van der Waals surface area contributed by atoms with Crippen LogP contribution in [0, 0.1) is 0 Å². The van der Waals surface area contributed by atoms with Crippen molar-refractivity contribution >= 4 is 35.1 Å². The highest BCUT2D eigenvalue weighted by molar-refractivity contribution is 7.99. The average molecular weight is 260 g/mol. The number of pyridine rings is 1. The first-order chi connectivity index (χ1) is 7.52. The number of carbonyl (C=O) groups excluding carboxylic acids is 1. The summed E-state index contributed by atoms with van der Waals surface area (Å²) in [4.78, 5) is 15.5. The lowest BCUT2D eigenvalue weighted by Crippen LogP contribution is -2.29. The summed E-state index contributed by atoms with van der Waals surface area (Å²) in [7, 11) is 0. The van der Waals surface area contributed by atoms with Crippen molar-refractivity contribution < 1.29 is 4.79 Å². The Labute approximate surface area is 104 Å². The molecule has 0 spiro atoms. The van der Waals surface area contributed by atoms with Crippen LogP contribution in [-0.2, 0) is 0 Å². The molecule has 0 aliphatic heterocycles. The highest BCUT2D eigenvalue weighted by Gasteiger charge is 2.09. The van der Waals surface area contributed by atoms with Crippen LogP contribution in [0.25, 0.3) is 0 Å². The third-order valence-electron chi connectivity index (χ3n) is 2.03. The summed E-state index contributed by atoms with van der Waals surface area (Å²) >= 11 is 7.40. The molecule has 1 rings (SSSR count). The smallest absolute Gasteiger partial charge is 0.251 e. The number of nitrogens with one attached hydrogen (secondary N) is 1. The molecular weight excluding hydrogens is 246 g/mol. The van der Waals surface area contributed by atoms with Crippen molar-refractivity contribution in [1.29, 1.82) is 0 Å². The minimum absolute atomic E-state index is 0.183. The molecule has 1 amide bonds. The van der Waals surface area contributed by atoms with Gasteiger partial charge in [-0.25, -0.2) is 4.98 Å². The molecule has 0 saturated heterocycles. The zero-order valence-electron chi connectivity index (χ0n) is 9.16. The molecule has 1 atom stereocenters. The van der Waals surface area contributed by atoms with Crippen molar-refractivity contribution in [2.24, 2.45) is 0 Å². The van der Waals surface area contributed by atoms with Gasteiger partial charge in [-0.3, -0.25) is 4.79 Å². The van der Waals surface area contributed by atoms with Crippen molar-refractivity contribution in [3.8, 4) is 0 Å². The van der Waals surface area contributed by atoms with Crippen LogP contribution in [0.3, 0.4) is 0 Å². The van der Waals surface area contributed by atoms with Gasteiger partial charge in [-0.2, -0.15) is 11.8 Å². The molecule has 0 radical (unpaired) electrons. The number of nitrogens with two attached hydrogens (primary N) is 1. The highest BCUT2D eigenvalue weighted by Crippen LogP contribution is 2.12. The molecule has 4 nitrogen and oxygen atoms in total. The van der Waals surface area contributed by atoms with Crippen LogP contribution in [0.5, 0.6) is 0 Å². The van der Waals surface area contributed by atoms with Gasteiger partial charge in [0.1, 0.15) is 11.0 Å². The zero-order valence-corrected chi connectivity index (χ0v) is 10.7. The number of anilines is 1. The van der Waals surface area contributed by atoms with Gasteiger partial charge in [-0.05, 0) is 18.4 Å². The number of aromatic nitrogens is 1. The van der Waals surface area contributed by atoms with Crippen LogP contribution in [-0.4, -0.2) is 28.9 Å². The third kappa shape index (κ3) is 3.90. The number of thioether (sulfide) groups is 1. The minimum atomic E-state index is -0.183. The van der Waals surface area contributed by atoms with Gasteiger partial charge in [0.25, 0.3) is 5.91 Å². The van der Waals surface area contributed by atoms with Gasteiger partial charge < -0.3 is 11.1 Å². The molecular formula is C10H14ClN3OS. The highest BCUT2D eigenvalue weighted by atomic mass is 35.5. The van der Waals surface area contributed by atoms with Crippen molar-refractivity contribution in [2.45, 2.75) is 12.2 Å². The summed E-state index contributed by atoms with van der Waals surface area (Å²) < 4.78 is 0. The van der Waals surface area contributed by atoms with Gasteiger partial charge in [-0.15, -0.1) is 0 Å². The summed E-state index contributed by atoms with van der Waals surface area (Å²) in [6.07, 6.45) is 2.00. The quantitative estimate of drug-likeness (QED) is 0.809. The van der Waals surface area contributed by atoms with Crippen LogP contribution >= 0.6 is 23.4 Å². The fourth-order valence-electron chi connectivity index (χ4n) is 1.07. The lowest BCUT2D eigenvalue weighted by atomic mass is 10.2. The molecule has 1 heterocycles. The first-order valence-electron chi connectivity index (χ1n) is 4.77. The number of carbonyl (C=O) groups is 1. The van der Waals surface area contributed by atoms with Crippen LogP contribution in [0.15, 0.2) is 12.1 Å². The molecule has 0 fully saturated rings. The Morgan fingerprint density at radius 2 is 2.38 bits per heavy atom. The topological polar surface area (TPSA) is 68.0 Å². The fourth-order valence-corrected chi connectivity index (χ4v) is 1.54. The second-order valence-electron chi connectivity index (χ2n) is 3.36. The summed E-state index contributed by atoms with van der Waals surface area (Å²) in [6.45, 7) is 2.65. The predicted octanol–water partition coefficient (Wildman–Crippen LogP) is 1.80. The van der Waals surface area contributed by atoms with E-state index in [0.717, 1.165) is 0 Å². The molecule has 16 heavy (non-hydrogen) atoms. The number of halogens is 1. The van der Waals surface area contributed by atoms with Crippen molar-refractivity contribution in [2.75, 3.05) is 18.5 Å².